The summed E-state index contributed by atoms with van der Waals surface area (Å²) >= 11 is 0. The molecule has 24 heavy (non-hydrogen) atoms. The van der Waals surface area contributed by atoms with Gasteiger partial charge in [-0.25, -0.2) is 0 Å². The summed E-state index contributed by atoms with van der Waals surface area (Å²) in [4.78, 5) is 0. The Morgan fingerprint density at radius 3 is 2.04 bits per heavy atom. The van der Waals surface area contributed by atoms with E-state index in [1.54, 1.807) is 0 Å². The van der Waals surface area contributed by atoms with Gasteiger partial charge in [-0.3, -0.25) is 0 Å². The Bertz CT molecular complexity index is 344. The summed E-state index contributed by atoms with van der Waals surface area (Å²) in [5, 5.41) is 37.0. The van der Waals surface area contributed by atoms with Crippen molar-refractivity contribution in [1.29, 1.82) is 0 Å². The Labute approximate surface area is 147 Å². The first-order valence-electron chi connectivity index (χ1n) is 9.52. The zero-order valence-electron chi connectivity index (χ0n) is 15.9. The first kappa shape index (κ1) is 21.8. The molecular weight excluding hydrogens is 308 g/mol. The van der Waals surface area contributed by atoms with Crippen molar-refractivity contribution in [3.63, 3.8) is 0 Å². The molecule has 0 aromatic heterocycles. The third kappa shape index (κ3) is 6.60. The highest BCUT2D eigenvalue weighted by molar-refractivity contribution is 4.89. The number of rotatable bonds is 10. The molecule has 1 saturated carbocycles. The molecule has 0 bridgehead atoms. The molecule has 0 aromatic rings. The third-order valence-electron chi connectivity index (χ3n) is 6.14. The molecule has 4 N–H and O–H groups in total. The lowest BCUT2D eigenvalue weighted by atomic mass is 9.67. The van der Waals surface area contributed by atoms with E-state index in [-0.39, 0.29) is 24.4 Å². The van der Waals surface area contributed by atoms with Gasteiger partial charge < -0.3 is 25.2 Å². The van der Waals surface area contributed by atoms with Crippen LogP contribution in [-0.2, 0) is 4.74 Å². The smallest absolute Gasteiger partial charge is 0.151 e. The van der Waals surface area contributed by atoms with Crippen molar-refractivity contribution in [3.8, 4) is 0 Å². The largest absolute Gasteiger partial charge is 0.372 e. The summed E-state index contributed by atoms with van der Waals surface area (Å²) < 4.78 is 6.53. The summed E-state index contributed by atoms with van der Waals surface area (Å²) in [6.45, 7) is 8.88. The second kappa shape index (κ2) is 9.48. The van der Waals surface area contributed by atoms with Crippen LogP contribution in [0.15, 0.2) is 0 Å². The zero-order chi connectivity index (χ0) is 18.4. The van der Waals surface area contributed by atoms with Crippen LogP contribution in [0.3, 0.4) is 0 Å². The van der Waals surface area contributed by atoms with Gasteiger partial charge in [-0.2, -0.15) is 0 Å². The van der Waals surface area contributed by atoms with Crippen LogP contribution >= 0.6 is 0 Å². The van der Waals surface area contributed by atoms with Crippen molar-refractivity contribution in [3.05, 3.63) is 0 Å². The van der Waals surface area contributed by atoms with Crippen LogP contribution in [0.25, 0.3) is 0 Å². The lowest BCUT2D eigenvalue weighted by molar-refractivity contribution is -0.156. The fraction of sp³-hybridized carbons (Fsp3) is 1.00. The van der Waals surface area contributed by atoms with E-state index in [4.69, 9.17) is 4.74 Å². The summed E-state index contributed by atoms with van der Waals surface area (Å²) in [6, 6.07) is 0. The van der Waals surface area contributed by atoms with Crippen molar-refractivity contribution < 1.29 is 25.2 Å². The number of ether oxygens (including phenoxy) is 1. The molecule has 0 aliphatic heterocycles. The topological polar surface area (TPSA) is 90.2 Å². The van der Waals surface area contributed by atoms with Crippen molar-refractivity contribution in [2.45, 2.75) is 110 Å². The molecule has 5 heteroatoms. The second-order valence-electron chi connectivity index (χ2n) is 8.22. The van der Waals surface area contributed by atoms with Crippen LogP contribution in [0.5, 0.6) is 0 Å². The van der Waals surface area contributed by atoms with Gasteiger partial charge in [0.2, 0.25) is 0 Å². The van der Waals surface area contributed by atoms with Crippen LogP contribution in [0.2, 0.25) is 0 Å². The number of aliphatic hydroxyl groups excluding tert-OH is 2. The molecule has 0 spiro atoms. The van der Waals surface area contributed by atoms with Crippen molar-refractivity contribution in [2.24, 2.45) is 11.3 Å². The Hall–Kier alpha value is -0.200. The van der Waals surface area contributed by atoms with Gasteiger partial charge in [-0.15, -0.1) is 0 Å². The Morgan fingerprint density at radius 2 is 1.62 bits per heavy atom. The molecule has 1 aliphatic rings. The Morgan fingerprint density at radius 1 is 1.08 bits per heavy atom. The van der Waals surface area contributed by atoms with Gasteiger partial charge in [-0.1, -0.05) is 34.1 Å². The van der Waals surface area contributed by atoms with Crippen LogP contribution in [0.1, 0.15) is 85.5 Å². The molecular formula is C19H38O5. The predicted molar refractivity (Wildman–Crippen MR) is 94.2 cm³/mol. The number of aliphatic hydroxyl groups is 4. The highest BCUT2D eigenvalue weighted by atomic mass is 16.5. The SMILES string of the molecule is CCC(CCC(O)O)(CCC(O)O)OC1CCCC(C)(C(C)C)C1. The van der Waals surface area contributed by atoms with E-state index in [0.717, 1.165) is 25.7 Å². The van der Waals surface area contributed by atoms with Gasteiger partial charge in [0.15, 0.2) is 12.6 Å². The Kier molecular flexibility index (Phi) is 8.63. The number of hydrogen-bond acceptors (Lipinski definition) is 5. The molecule has 2 unspecified atom stereocenters. The van der Waals surface area contributed by atoms with Crippen LogP contribution < -0.4 is 0 Å². The highest BCUT2D eigenvalue weighted by Crippen LogP contribution is 2.45. The molecule has 0 radical (unpaired) electrons. The minimum absolute atomic E-state index is 0.151. The van der Waals surface area contributed by atoms with Gasteiger partial charge in [0.05, 0.1) is 11.7 Å². The minimum Gasteiger partial charge on any atom is -0.372 e. The van der Waals surface area contributed by atoms with E-state index >= 15 is 0 Å². The first-order chi connectivity index (χ1) is 11.1. The molecule has 5 nitrogen and oxygen atoms in total. The van der Waals surface area contributed by atoms with Crippen LogP contribution in [-0.4, -0.2) is 44.7 Å². The number of hydrogen-bond donors (Lipinski definition) is 4. The maximum atomic E-state index is 9.25. The molecule has 1 aliphatic carbocycles. The maximum absolute atomic E-state index is 9.25. The average Bonchev–Trinajstić information content (AvgIpc) is 2.50. The fourth-order valence-corrected chi connectivity index (χ4v) is 3.90. The van der Waals surface area contributed by atoms with Gasteiger partial charge in [0.25, 0.3) is 0 Å². The van der Waals surface area contributed by atoms with Gasteiger partial charge in [0.1, 0.15) is 0 Å². The third-order valence-corrected chi connectivity index (χ3v) is 6.14. The van der Waals surface area contributed by atoms with E-state index < -0.39 is 18.2 Å². The minimum atomic E-state index is -1.36. The quantitative estimate of drug-likeness (QED) is 0.457. The van der Waals surface area contributed by atoms with Gasteiger partial charge in [-0.05, 0) is 49.9 Å². The van der Waals surface area contributed by atoms with Gasteiger partial charge >= 0.3 is 0 Å². The first-order valence-corrected chi connectivity index (χ1v) is 9.52. The zero-order valence-corrected chi connectivity index (χ0v) is 15.9. The molecule has 0 amide bonds. The molecule has 0 saturated heterocycles. The highest BCUT2D eigenvalue weighted by Gasteiger charge is 2.39. The van der Waals surface area contributed by atoms with E-state index in [0.29, 0.717) is 18.8 Å². The van der Waals surface area contributed by atoms with E-state index in [1.165, 1.54) is 6.42 Å². The van der Waals surface area contributed by atoms with Gasteiger partial charge in [0, 0.05) is 12.8 Å². The normalized spacial score (nSPS) is 25.9. The van der Waals surface area contributed by atoms with Crippen molar-refractivity contribution >= 4 is 0 Å². The standard InChI is InChI=1S/C19H38O5/c1-5-19(11-8-16(20)21,12-9-17(22)23)24-15-7-6-10-18(4,13-15)14(2)3/h14-17,20-23H,5-13H2,1-4H3. The Balaban J connectivity index is 2.81. The summed E-state index contributed by atoms with van der Waals surface area (Å²) in [5.74, 6) is 0.596. The van der Waals surface area contributed by atoms with E-state index in [9.17, 15) is 20.4 Å². The monoisotopic (exact) mass is 346 g/mol. The lowest BCUT2D eigenvalue weighted by Gasteiger charge is -2.45. The predicted octanol–water partition coefficient (Wildman–Crippen LogP) is 2.94. The van der Waals surface area contributed by atoms with Crippen LogP contribution in [0.4, 0.5) is 0 Å². The lowest BCUT2D eigenvalue weighted by Crippen LogP contribution is -2.42. The molecule has 144 valence electrons. The fourth-order valence-electron chi connectivity index (χ4n) is 3.90. The molecule has 0 heterocycles. The summed E-state index contributed by atoms with van der Waals surface area (Å²) in [7, 11) is 0. The maximum Gasteiger partial charge on any atom is 0.151 e. The van der Waals surface area contributed by atoms with Crippen LogP contribution in [0, 0.1) is 11.3 Å². The summed E-state index contributed by atoms with van der Waals surface area (Å²) in [5.41, 5.74) is -0.247. The van der Waals surface area contributed by atoms with E-state index in [2.05, 4.69) is 20.8 Å². The van der Waals surface area contributed by atoms with E-state index in [1.807, 2.05) is 6.92 Å². The van der Waals surface area contributed by atoms with Crippen molar-refractivity contribution in [2.75, 3.05) is 0 Å². The molecule has 1 rings (SSSR count). The van der Waals surface area contributed by atoms with Crippen molar-refractivity contribution in [1.82, 2.24) is 0 Å². The molecule has 0 aromatic carbocycles. The second-order valence-corrected chi connectivity index (χ2v) is 8.22. The molecule has 1 fully saturated rings. The molecule has 2 atom stereocenters. The average molecular weight is 347 g/mol. The summed E-state index contributed by atoms with van der Waals surface area (Å²) in [6.07, 6.45) is 4.07.